The molecule has 0 heterocycles. The Labute approximate surface area is 103 Å². The van der Waals surface area contributed by atoms with Gasteiger partial charge in [-0.3, -0.25) is 0 Å². The van der Waals surface area contributed by atoms with Crippen molar-refractivity contribution in [3.63, 3.8) is 0 Å². The normalized spacial score (nSPS) is 13.9. The number of allylic oxidation sites excluding steroid dienone is 4. The van der Waals surface area contributed by atoms with Crippen molar-refractivity contribution in [2.24, 2.45) is 0 Å². The van der Waals surface area contributed by atoms with Gasteiger partial charge in [-0.25, -0.2) is 0 Å². The Kier molecular flexibility index (Phi) is 4.38. The van der Waals surface area contributed by atoms with Crippen molar-refractivity contribution in [1.29, 1.82) is 0 Å². The van der Waals surface area contributed by atoms with Gasteiger partial charge in [-0.2, -0.15) is 29.8 Å². The molecule has 1 aliphatic carbocycles. The van der Waals surface area contributed by atoms with Gasteiger partial charge in [0, 0.05) is 17.1 Å². The summed E-state index contributed by atoms with van der Waals surface area (Å²) in [5.41, 5.74) is 4.13. The van der Waals surface area contributed by atoms with Gasteiger partial charge in [-0.1, -0.05) is 37.6 Å². The molecule has 0 amide bonds. The van der Waals surface area contributed by atoms with E-state index in [4.69, 9.17) is 0 Å². The molecule has 0 aromatic heterocycles. The molecule has 0 unspecified atom stereocenters. The Balaban J connectivity index is 0.00000112. The Morgan fingerprint density at radius 1 is 1.33 bits per heavy atom. The molecule has 0 spiro atoms. The van der Waals surface area contributed by atoms with Gasteiger partial charge in [-0.05, 0) is 12.3 Å². The maximum absolute atomic E-state index is 3.34. The van der Waals surface area contributed by atoms with Crippen LogP contribution in [0.25, 0.3) is 5.57 Å². The minimum atomic E-state index is 0. The molecule has 1 aromatic rings. The summed E-state index contributed by atoms with van der Waals surface area (Å²) < 4.78 is 0. The zero-order valence-electron chi connectivity index (χ0n) is 9.10. The fourth-order valence-electron chi connectivity index (χ4n) is 1.85. The molecule has 0 nitrogen and oxygen atoms in total. The third-order valence-electron chi connectivity index (χ3n) is 2.58. The first-order valence-corrected chi connectivity index (χ1v) is 5.15. The fraction of sp³-hybridized carbons (Fsp3) is 0.286. The summed E-state index contributed by atoms with van der Waals surface area (Å²) >= 11 is 0. The Morgan fingerprint density at radius 3 is 2.73 bits per heavy atom. The molecular formula is C14H15Fe-. The van der Waals surface area contributed by atoms with Crippen molar-refractivity contribution in [1.82, 2.24) is 0 Å². The summed E-state index contributed by atoms with van der Waals surface area (Å²) in [4.78, 5) is 0. The summed E-state index contributed by atoms with van der Waals surface area (Å²) in [6.07, 6.45) is 7.60. The second kappa shape index (κ2) is 5.34. The predicted molar refractivity (Wildman–Crippen MR) is 61.1 cm³/mol. The van der Waals surface area contributed by atoms with E-state index in [1.807, 2.05) is 6.07 Å². The molecule has 15 heavy (non-hydrogen) atoms. The molecule has 0 N–H and O–H groups in total. The monoisotopic (exact) mass is 239 g/mol. The van der Waals surface area contributed by atoms with Crippen molar-refractivity contribution in [2.75, 3.05) is 0 Å². The van der Waals surface area contributed by atoms with Crippen molar-refractivity contribution in [3.05, 3.63) is 53.6 Å². The van der Waals surface area contributed by atoms with Gasteiger partial charge in [0.15, 0.2) is 0 Å². The maximum atomic E-state index is 3.34. The van der Waals surface area contributed by atoms with Crippen LogP contribution >= 0.6 is 0 Å². The van der Waals surface area contributed by atoms with Gasteiger partial charge in [0.05, 0.1) is 0 Å². The van der Waals surface area contributed by atoms with E-state index < -0.39 is 0 Å². The molecular weight excluding hydrogens is 224 g/mol. The van der Waals surface area contributed by atoms with Gasteiger partial charge in [-0.15, -0.1) is 5.56 Å². The zero-order valence-corrected chi connectivity index (χ0v) is 10.2. The van der Waals surface area contributed by atoms with E-state index in [9.17, 15) is 0 Å². The second-order valence-corrected chi connectivity index (χ2v) is 3.98. The van der Waals surface area contributed by atoms with Crippen LogP contribution in [0.3, 0.4) is 0 Å². The van der Waals surface area contributed by atoms with Gasteiger partial charge in [0.25, 0.3) is 0 Å². The van der Waals surface area contributed by atoms with Crippen LogP contribution in [0.5, 0.6) is 0 Å². The Bertz CT molecular complexity index is 386. The molecule has 2 rings (SSSR count). The Hall–Kier alpha value is -0.781. The van der Waals surface area contributed by atoms with Gasteiger partial charge >= 0.3 is 0 Å². The first kappa shape index (κ1) is 12.3. The van der Waals surface area contributed by atoms with Crippen LogP contribution in [0.2, 0.25) is 0 Å². The molecule has 0 aliphatic heterocycles. The third kappa shape index (κ3) is 2.62. The van der Waals surface area contributed by atoms with E-state index >= 15 is 0 Å². The van der Waals surface area contributed by atoms with Gasteiger partial charge < -0.3 is 0 Å². The molecule has 1 heteroatoms. The van der Waals surface area contributed by atoms with Gasteiger partial charge in [0.1, 0.15) is 0 Å². The predicted octanol–water partition coefficient (Wildman–Crippen LogP) is 3.95. The number of benzene rings is 1. The van der Waals surface area contributed by atoms with Crippen LogP contribution in [0, 0.1) is 6.07 Å². The topological polar surface area (TPSA) is 0 Å². The number of rotatable bonds is 2. The quantitative estimate of drug-likeness (QED) is 0.541. The minimum Gasteiger partial charge on any atom is -0.180 e. The minimum absolute atomic E-state index is 0. The molecule has 0 radical (unpaired) electrons. The van der Waals surface area contributed by atoms with Crippen LogP contribution in [0.15, 0.2) is 36.4 Å². The smallest absolute Gasteiger partial charge is 0 e. The number of hydrogen-bond donors (Lipinski definition) is 0. The zero-order chi connectivity index (χ0) is 9.97. The van der Waals surface area contributed by atoms with Crippen LogP contribution in [-0.2, 0) is 17.1 Å². The van der Waals surface area contributed by atoms with Crippen LogP contribution in [0.4, 0.5) is 0 Å². The summed E-state index contributed by atoms with van der Waals surface area (Å²) in [7, 11) is 0. The van der Waals surface area contributed by atoms with Crippen LogP contribution < -0.4 is 0 Å². The Morgan fingerprint density at radius 2 is 2.13 bits per heavy atom. The SMILES string of the molecule is CC(C)c1[c-]cccc1C1=CC=CC1.[Fe]. The molecule has 0 bridgehead atoms. The summed E-state index contributed by atoms with van der Waals surface area (Å²) in [5, 5.41) is 0. The maximum Gasteiger partial charge on any atom is 0 e. The number of hydrogen-bond acceptors (Lipinski definition) is 0. The third-order valence-corrected chi connectivity index (χ3v) is 2.58. The summed E-state index contributed by atoms with van der Waals surface area (Å²) in [5.74, 6) is 0.549. The molecule has 0 saturated heterocycles. The first-order chi connectivity index (χ1) is 6.79. The standard InChI is InChI=1S/C14H15.Fe/c1-11(2)13-9-5-6-10-14(13)12-7-3-4-8-12;/h3-7,10-11H,8H2,1-2H3;/q-1;. The van der Waals surface area contributed by atoms with E-state index in [1.165, 1.54) is 16.7 Å². The van der Waals surface area contributed by atoms with E-state index in [1.54, 1.807) is 0 Å². The van der Waals surface area contributed by atoms with Crippen LogP contribution in [-0.4, -0.2) is 0 Å². The van der Waals surface area contributed by atoms with E-state index in [0.29, 0.717) is 5.92 Å². The van der Waals surface area contributed by atoms with E-state index in [-0.39, 0.29) is 17.1 Å². The first-order valence-electron chi connectivity index (χ1n) is 5.15. The molecule has 80 valence electrons. The van der Waals surface area contributed by atoms with E-state index in [2.05, 4.69) is 50.3 Å². The molecule has 1 aliphatic rings. The molecule has 0 atom stereocenters. The van der Waals surface area contributed by atoms with Crippen molar-refractivity contribution in [2.45, 2.75) is 26.2 Å². The van der Waals surface area contributed by atoms with Crippen LogP contribution in [0.1, 0.15) is 37.3 Å². The average Bonchev–Trinajstić information content (AvgIpc) is 2.70. The summed E-state index contributed by atoms with van der Waals surface area (Å²) in [6, 6.07) is 9.62. The van der Waals surface area contributed by atoms with Crippen molar-refractivity contribution in [3.8, 4) is 0 Å². The average molecular weight is 239 g/mol. The van der Waals surface area contributed by atoms with E-state index in [0.717, 1.165) is 6.42 Å². The molecule has 0 saturated carbocycles. The van der Waals surface area contributed by atoms with Crippen molar-refractivity contribution >= 4 is 5.57 Å². The van der Waals surface area contributed by atoms with Crippen molar-refractivity contribution < 1.29 is 17.1 Å². The molecule has 1 aromatic carbocycles. The second-order valence-electron chi connectivity index (χ2n) is 3.98. The molecule has 0 fully saturated rings. The van der Waals surface area contributed by atoms with Gasteiger partial charge in [0.2, 0.25) is 0 Å². The summed E-state index contributed by atoms with van der Waals surface area (Å²) in [6.45, 7) is 4.44. The fourth-order valence-corrected chi connectivity index (χ4v) is 1.85. The largest absolute Gasteiger partial charge is 0.180 e.